The van der Waals surface area contributed by atoms with Crippen molar-refractivity contribution in [2.24, 2.45) is 0 Å². The predicted octanol–water partition coefficient (Wildman–Crippen LogP) is 4.95. The van der Waals surface area contributed by atoms with Crippen molar-refractivity contribution in [3.05, 3.63) is 21.9 Å². The first-order valence-corrected chi connectivity index (χ1v) is 6.45. The van der Waals surface area contributed by atoms with E-state index in [1.165, 1.54) is 17.7 Å². The SMILES string of the molecule is CCC(C)(CC)c1ccc(C(C)C)s1. The van der Waals surface area contributed by atoms with Crippen LogP contribution >= 0.6 is 11.3 Å². The highest BCUT2D eigenvalue weighted by Gasteiger charge is 2.24. The third-order valence-corrected chi connectivity index (χ3v) is 5.04. The second-order valence-electron chi connectivity index (χ2n) is 4.62. The molecule has 1 heteroatoms. The summed E-state index contributed by atoms with van der Waals surface area (Å²) < 4.78 is 0. The zero-order valence-electron chi connectivity index (χ0n) is 10.1. The first-order chi connectivity index (χ1) is 6.53. The number of thiophene rings is 1. The van der Waals surface area contributed by atoms with E-state index in [0.29, 0.717) is 11.3 Å². The molecule has 0 saturated heterocycles. The van der Waals surface area contributed by atoms with Gasteiger partial charge in [-0.3, -0.25) is 0 Å². The van der Waals surface area contributed by atoms with Gasteiger partial charge in [-0.2, -0.15) is 0 Å². The molecule has 0 aliphatic carbocycles. The molecule has 0 nitrogen and oxygen atoms in total. The second kappa shape index (κ2) is 4.48. The van der Waals surface area contributed by atoms with Gasteiger partial charge in [-0.05, 0) is 30.9 Å². The molecular weight excluding hydrogens is 188 g/mol. The summed E-state index contributed by atoms with van der Waals surface area (Å²) in [6.45, 7) is 11.5. The molecule has 14 heavy (non-hydrogen) atoms. The molecule has 0 aromatic carbocycles. The lowest BCUT2D eigenvalue weighted by Gasteiger charge is -2.25. The van der Waals surface area contributed by atoms with Gasteiger partial charge in [-0.15, -0.1) is 11.3 Å². The van der Waals surface area contributed by atoms with Crippen LogP contribution in [0.25, 0.3) is 0 Å². The molecule has 80 valence electrons. The summed E-state index contributed by atoms with van der Waals surface area (Å²) in [7, 11) is 0. The molecule has 0 radical (unpaired) electrons. The molecule has 1 heterocycles. The Hall–Kier alpha value is -0.300. The van der Waals surface area contributed by atoms with Crippen molar-refractivity contribution >= 4 is 11.3 Å². The highest BCUT2D eigenvalue weighted by molar-refractivity contribution is 7.12. The standard InChI is InChI=1S/C13H22S/c1-6-13(5,7-2)12-9-8-11(14-12)10(3)4/h8-10H,6-7H2,1-5H3. The Bertz CT molecular complexity index is 279. The van der Waals surface area contributed by atoms with Gasteiger partial charge in [0.1, 0.15) is 0 Å². The van der Waals surface area contributed by atoms with E-state index in [4.69, 9.17) is 0 Å². The van der Waals surface area contributed by atoms with Crippen molar-refractivity contribution in [1.29, 1.82) is 0 Å². The third kappa shape index (κ3) is 2.20. The van der Waals surface area contributed by atoms with E-state index in [9.17, 15) is 0 Å². The van der Waals surface area contributed by atoms with Crippen LogP contribution in [0.3, 0.4) is 0 Å². The molecule has 0 amide bonds. The van der Waals surface area contributed by atoms with Gasteiger partial charge in [0.15, 0.2) is 0 Å². The van der Waals surface area contributed by atoms with E-state index in [0.717, 1.165) is 0 Å². The molecule has 0 spiro atoms. The maximum Gasteiger partial charge on any atom is 0.0107 e. The van der Waals surface area contributed by atoms with E-state index in [1.54, 1.807) is 4.88 Å². The smallest absolute Gasteiger partial charge is 0.0107 e. The number of hydrogen-bond acceptors (Lipinski definition) is 1. The molecule has 0 aliphatic rings. The minimum Gasteiger partial charge on any atom is -0.145 e. The monoisotopic (exact) mass is 210 g/mol. The highest BCUT2D eigenvalue weighted by atomic mass is 32.1. The average Bonchev–Trinajstić information content (AvgIpc) is 2.66. The molecule has 1 aromatic heterocycles. The van der Waals surface area contributed by atoms with Crippen LogP contribution in [0, 0.1) is 0 Å². The van der Waals surface area contributed by atoms with Gasteiger partial charge in [0, 0.05) is 15.2 Å². The van der Waals surface area contributed by atoms with E-state index in [2.05, 4.69) is 46.8 Å². The largest absolute Gasteiger partial charge is 0.145 e. The number of rotatable bonds is 4. The first kappa shape index (κ1) is 11.8. The van der Waals surface area contributed by atoms with E-state index >= 15 is 0 Å². The third-order valence-electron chi connectivity index (χ3n) is 3.35. The van der Waals surface area contributed by atoms with Crippen molar-refractivity contribution < 1.29 is 0 Å². The molecule has 1 aromatic rings. The van der Waals surface area contributed by atoms with Crippen molar-refractivity contribution in [3.8, 4) is 0 Å². The Morgan fingerprint density at radius 2 is 1.79 bits per heavy atom. The second-order valence-corrected chi connectivity index (χ2v) is 5.74. The van der Waals surface area contributed by atoms with Gasteiger partial charge < -0.3 is 0 Å². The van der Waals surface area contributed by atoms with Crippen molar-refractivity contribution in [3.63, 3.8) is 0 Å². The Labute approximate surface area is 92.4 Å². The van der Waals surface area contributed by atoms with Gasteiger partial charge >= 0.3 is 0 Å². The summed E-state index contributed by atoms with van der Waals surface area (Å²) in [6, 6.07) is 4.63. The Balaban J connectivity index is 2.95. The van der Waals surface area contributed by atoms with Crippen LogP contribution in [-0.4, -0.2) is 0 Å². The summed E-state index contributed by atoms with van der Waals surface area (Å²) in [5.41, 5.74) is 0.401. The molecular formula is C13H22S. The normalized spacial score (nSPS) is 12.4. The summed E-state index contributed by atoms with van der Waals surface area (Å²) in [5.74, 6) is 0.673. The lowest BCUT2D eigenvalue weighted by molar-refractivity contribution is 0.448. The number of hydrogen-bond donors (Lipinski definition) is 0. The van der Waals surface area contributed by atoms with Crippen LogP contribution in [0.5, 0.6) is 0 Å². The van der Waals surface area contributed by atoms with Crippen LogP contribution < -0.4 is 0 Å². The van der Waals surface area contributed by atoms with E-state index in [1.807, 2.05) is 11.3 Å². The van der Waals surface area contributed by atoms with Gasteiger partial charge in [-0.25, -0.2) is 0 Å². The minimum absolute atomic E-state index is 0.401. The van der Waals surface area contributed by atoms with Crippen LogP contribution in [0.1, 0.15) is 63.1 Å². The van der Waals surface area contributed by atoms with Crippen LogP contribution in [0.2, 0.25) is 0 Å². The molecule has 1 rings (SSSR count). The summed E-state index contributed by atoms with van der Waals surface area (Å²) in [6.07, 6.45) is 2.48. The lowest BCUT2D eigenvalue weighted by Crippen LogP contribution is -2.17. The predicted molar refractivity (Wildman–Crippen MR) is 66.3 cm³/mol. The van der Waals surface area contributed by atoms with Crippen molar-refractivity contribution in [1.82, 2.24) is 0 Å². The van der Waals surface area contributed by atoms with Gasteiger partial charge in [0.05, 0.1) is 0 Å². The lowest BCUT2D eigenvalue weighted by atomic mass is 9.83. The van der Waals surface area contributed by atoms with Crippen LogP contribution in [0.15, 0.2) is 12.1 Å². The zero-order valence-corrected chi connectivity index (χ0v) is 10.9. The minimum atomic E-state index is 0.401. The van der Waals surface area contributed by atoms with Gasteiger partial charge in [0.2, 0.25) is 0 Å². The Kier molecular flexibility index (Phi) is 3.77. The molecule has 0 fully saturated rings. The highest BCUT2D eigenvalue weighted by Crippen LogP contribution is 2.37. The van der Waals surface area contributed by atoms with Gasteiger partial charge in [-0.1, -0.05) is 34.6 Å². The van der Waals surface area contributed by atoms with Crippen molar-refractivity contribution in [2.45, 2.75) is 58.8 Å². The quantitative estimate of drug-likeness (QED) is 0.659. The Morgan fingerprint density at radius 3 is 2.14 bits per heavy atom. The van der Waals surface area contributed by atoms with Gasteiger partial charge in [0.25, 0.3) is 0 Å². The fourth-order valence-electron chi connectivity index (χ4n) is 1.59. The molecule has 0 saturated carbocycles. The Morgan fingerprint density at radius 1 is 1.21 bits per heavy atom. The van der Waals surface area contributed by atoms with Crippen LogP contribution in [0.4, 0.5) is 0 Å². The summed E-state index contributed by atoms with van der Waals surface area (Å²) >= 11 is 2.00. The maximum absolute atomic E-state index is 2.38. The van der Waals surface area contributed by atoms with E-state index in [-0.39, 0.29) is 0 Å². The topological polar surface area (TPSA) is 0 Å². The summed E-state index contributed by atoms with van der Waals surface area (Å²) in [5, 5.41) is 0. The average molecular weight is 210 g/mol. The fraction of sp³-hybridized carbons (Fsp3) is 0.692. The maximum atomic E-state index is 2.38. The molecule has 0 bridgehead atoms. The first-order valence-electron chi connectivity index (χ1n) is 5.63. The fourth-order valence-corrected chi connectivity index (χ4v) is 2.88. The molecule has 0 aliphatic heterocycles. The summed E-state index contributed by atoms with van der Waals surface area (Å²) in [4.78, 5) is 3.08. The van der Waals surface area contributed by atoms with Crippen LogP contribution in [-0.2, 0) is 5.41 Å². The molecule has 0 unspecified atom stereocenters. The zero-order chi connectivity index (χ0) is 10.8. The molecule has 0 N–H and O–H groups in total. The molecule has 0 atom stereocenters. The van der Waals surface area contributed by atoms with E-state index < -0.39 is 0 Å². The van der Waals surface area contributed by atoms with Crippen molar-refractivity contribution in [2.75, 3.05) is 0 Å².